The van der Waals surface area contributed by atoms with Crippen LogP contribution in [0.4, 0.5) is 5.69 Å². The molecule has 0 spiro atoms. The molecule has 0 unspecified atom stereocenters. The van der Waals surface area contributed by atoms with Crippen molar-refractivity contribution in [1.82, 2.24) is 0 Å². The van der Waals surface area contributed by atoms with E-state index in [9.17, 15) is 4.79 Å². The second kappa shape index (κ2) is 5.46. The van der Waals surface area contributed by atoms with E-state index in [1.165, 1.54) is 0 Å². The lowest BCUT2D eigenvalue weighted by molar-refractivity contribution is 0.102. The summed E-state index contributed by atoms with van der Waals surface area (Å²) in [5, 5.41) is 2.83. The van der Waals surface area contributed by atoms with Crippen molar-refractivity contribution >= 4 is 24.2 Å². The van der Waals surface area contributed by atoms with Gasteiger partial charge >= 0.3 is 0 Å². The third-order valence-corrected chi connectivity index (χ3v) is 3.23. The van der Waals surface area contributed by atoms with Gasteiger partial charge in [-0.3, -0.25) is 4.79 Å². The number of hydrogen-bond donors (Lipinski definition) is 2. The van der Waals surface area contributed by atoms with Crippen LogP contribution in [0.3, 0.4) is 0 Å². The zero-order valence-corrected chi connectivity index (χ0v) is 11.5. The van der Waals surface area contributed by atoms with E-state index >= 15 is 0 Å². The third-order valence-electron chi connectivity index (χ3n) is 2.93. The zero-order valence-electron chi connectivity index (χ0n) is 10.6. The molecular formula is C15H13NO3S. The number of benzene rings is 2. The normalized spacial score (nSPS) is 12.8. The van der Waals surface area contributed by atoms with Crippen LogP contribution in [0.2, 0.25) is 0 Å². The van der Waals surface area contributed by atoms with Crippen molar-refractivity contribution in [3.8, 4) is 11.5 Å². The first-order valence-corrected chi connectivity index (χ1v) is 6.67. The molecule has 20 heavy (non-hydrogen) atoms. The van der Waals surface area contributed by atoms with Gasteiger partial charge < -0.3 is 14.8 Å². The predicted octanol–water partition coefficient (Wildman–Crippen LogP) is 3.00. The Kier molecular flexibility index (Phi) is 3.52. The lowest BCUT2D eigenvalue weighted by atomic mass is 10.2. The predicted molar refractivity (Wildman–Crippen MR) is 79.1 cm³/mol. The average molecular weight is 287 g/mol. The number of hydrogen-bond acceptors (Lipinski definition) is 4. The fourth-order valence-electron chi connectivity index (χ4n) is 1.94. The van der Waals surface area contributed by atoms with E-state index in [1.54, 1.807) is 42.5 Å². The topological polar surface area (TPSA) is 47.6 Å². The standard InChI is InChI=1S/C15H13NO3S/c17-15(10-1-4-12(20)5-2-10)16-11-3-6-13-14(9-11)19-8-7-18-13/h1-6,9,20H,7-8H2,(H,16,17). The van der Waals surface area contributed by atoms with Crippen LogP contribution in [0.5, 0.6) is 11.5 Å². The number of amides is 1. The van der Waals surface area contributed by atoms with Crippen molar-refractivity contribution in [3.05, 3.63) is 48.0 Å². The summed E-state index contributed by atoms with van der Waals surface area (Å²) in [5.74, 6) is 1.18. The second-order valence-electron chi connectivity index (χ2n) is 4.36. The molecule has 0 saturated carbocycles. The maximum atomic E-state index is 12.1. The van der Waals surface area contributed by atoms with Gasteiger partial charge in [0, 0.05) is 22.2 Å². The molecule has 1 aliphatic heterocycles. The number of ether oxygens (including phenoxy) is 2. The molecule has 0 saturated heterocycles. The van der Waals surface area contributed by atoms with Crippen molar-refractivity contribution in [3.63, 3.8) is 0 Å². The monoisotopic (exact) mass is 287 g/mol. The van der Waals surface area contributed by atoms with Crippen LogP contribution in [-0.4, -0.2) is 19.1 Å². The highest BCUT2D eigenvalue weighted by Gasteiger charge is 2.13. The maximum Gasteiger partial charge on any atom is 0.255 e. The summed E-state index contributed by atoms with van der Waals surface area (Å²) >= 11 is 4.19. The van der Waals surface area contributed by atoms with E-state index < -0.39 is 0 Å². The van der Waals surface area contributed by atoms with Gasteiger partial charge in [0.15, 0.2) is 11.5 Å². The molecule has 1 amide bonds. The molecule has 2 aromatic rings. The number of fused-ring (bicyclic) bond motifs is 1. The molecule has 102 valence electrons. The van der Waals surface area contributed by atoms with E-state index in [4.69, 9.17) is 9.47 Å². The summed E-state index contributed by atoms with van der Waals surface area (Å²) in [4.78, 5) is 12.9. The van der Waals surface area contributed by atoms with Crippen LogP contribution in [-0.2, 0) is 0 Å². The summed E-state index contributed by atoms with van der Waals surface area (Å²) in [7, 11) is 0. The average Bonchev–Trinajstić information content (AvgIpc) is 2.48. The Morgan fingerprint density at radius 3 is 2.45 bits per heavy atom. The summed E-state index contributed by atoms with van der Waals surface area (Å²) in [5.41, 5.74) is 1.26. The molecule has 1 heterocycles. The van der Waals surface area contributed by atoms with Crippen LogP contribution in [0.1, 0.15) is 10.4 Å². The molecule has 2 aromatic carbocycles. The van der Waals surface area contributed by atoms with Crippen LogP contribution < -0.4 is 14.8 Å². The molecule has 0 bridgehead atoms. The Morgan fingerprint density at radius 2 is 1.70 bits per heavy atom. The first-order valence-electron chi connectivity index (χ1n) is 6.22. The minimum atomic E-state index is -0.171. The Bertz CT molecular complexity index is 640. The van der Waals surface area contributed by atoms with Gasteiger partial charge in [0.2, 0.25) is 0 Å². The van der Waals surface area contributed by atoms with Gasteiger partial charge in [-0.2, -0.15) is 0 Å². The van der Waals surface area contributed by atoms with Crippen molar-refractivity contribution < 1.29 is 14.3 Å². The Balaban J connectivity index is 1.77. The third kappa shape index (κ3) is 2.72. The van der Waals surface area contributed by atoms with Crippen molar-refractivity contribution in [1.29, 1.82) is 0 Å². The van der Waals surface area contributed by atoms with E-state index in [0.717, 1.165) is 4.90 Å². The second-order valence-corrected chi connectivity index (χ2v) is 4.88. The van der Waals surface area contributed by atoms with Crippen molar-refractivity contribution in [2.75, 3.05) is 18.5 Å². The van der Waals surface area contributed by atoms with E-state index in [1.807, 2.05) is 0 Å². The van der Waals surface area contributed by atoms with E-state index in [-0.39, 0.29) is 5.91 Å². The van der Waals surface area contributed by atoms with Gasteiger partial charge in [-0.1, -0.05) is 0 Å². The number of thiol groups is 1. The molecule has 0 aliphatic carbocycles. The van der Waals surface area contributed by atoms with Crippen LogP contribution in [0, 0.1) is 0 Å². The molecule has 1 aliphatic rings. The smallest absolute Gasteiger partial charge is 0.255 e. The van der Waals surface area contributed by atoms with Crippen LogP contribution in [0.25, 0.3) is 0 Å². The Hall–Kier alpha value is -2.14. The summed E-state index contributed by atoms with van der Waals surface area (Å²) in [6.45, 7) is 1.07. The molecule has 0 fully saturated rings. The van der Waals surface area contributed by atoms with Crippen molar-refractivity contribution in [2.24, 2.45) is 0 Å². The van der Waals surface area contributed by atoms with Crippen LogP contribution in [0.15, 0.2) is 47.4 Å². The number of anilines is 1. The van der Waals surface area contributed by atoms with Gasteiger partial charge in [-0.05, 0) is 36.4 Å². The SMILES string of the molecule is O=C(Nc1ccc2c(c1)OCCO2)c1ccc(S)cc1. The van der Waals surface area contributed by atoms with Crippen LogP contribution >= 0.6 is 12.6 Å². The highest BCUT2D eigenvalue weighted by Crippen LogP contribution is 2.32. The summed E-state index contributed by atoms with van der Waals surface area (Å²) in [6, 6.07) is 12.4. The van der Waals surface area contributed by atoms with Gasteiger partial charge in [0.25, 0.3) is 5.91 Å². The first-order chi connectivity index (χ1) is 9.72. The molecule has 5 heteroatoms. The number of nitrogens with one attached hydrogen (secondary N) is 1. The quantitative estimate of drug-likeness (QED) is 0.835. The highest BCUT2D eigenvalue weighted by atomic mass is 32.1. The molecule has 1 N–H and O–H groups in total. The molecule has 0 radical (unpaired) electrons. The number of carbonyl (C=O) groups excluding carboxylic acids is 1. The van der Waals surface area contributed by atoms with Gasteiger partial charge in [-0.25, -0.2) is 0 Å². The minimum Gasteiger partial charge on any atom is -0.486 e. The van der Waals surface area contributed by atoms with E-state index in [0.29, 0.717) is 36.0 Å². The maximum absolute atomic E-state index is 12.1. The lowest BCUT2D eigenvalue weighted by Crippen LogP contribution is -2.16. The fraction of sp³-hybridized carbons (Fsp3) is 0.133. The highest BCUT2D eigenvalue weighted by molar-refractivity contribution is 7.80. The molecule has 3 rings (SSSR count). The fourth-order valence-corrected chi connectivity index (χ4v) is 2.09. The van der Waals surface area contributed by atoms with Gasteiger partial charge in [-0.15, -0.1) is 12.6 Å². The Labute approximate surface area is 122 Å². The molecule has 0 aromatic heterocycles. The number of rotatable bonds is 2. The summed E-state index contributed by atoms with van der Waals surface area (Å²) in [6.07, 6.45) is 0. The largest absolute Gasteiger partial charge is 0.486 e. The Morgan fingerprint density at radius 1 is 1.00 bits per heavy atom. The zero-order chi connectivity index (χ0) is 13.9. The summed E-state index contributed by atoms with van der Waals surface area (Å²) < 4.78 is 10.9. The lowest BCUT2D eigenvalue weighted by Gasteiger charge is -2.19. The first kappa shape index (κ1) is 12.9. The van der Waals surface area contributed by atoms with Crippen molar-refractivity contribution in [2.45, 2.75) is 4.90 Å². The molecule has 0 atom stereocenters. The van der Waals surface area contributed by atoms with Gasteiger partial charge in [0.1, 0.15) is 13.2 Å². The number of carbonyl (C=O) groups is 1. The molecular weight excluding hydrogens is 274 g/mol. The molecule has 4 nitrogen and oxygen atoms in total. The van der Waals surface area contributed by atoms with E-state index in [2.05, 4.69) is 17.9 Å². The minimum absolute atomic E-state index is 0.171. The van der Waals surface area contributed by atoms with Gasteiger partial charge in [0.05, 0.1) is 0 Å².